The van der Waals surface area contributed by atoms with Crippen LogP contribution in [0.3, 0.4) is 0 Å². The maximum Gasteiger partial charge on any atom is 0.235 e. The average Bonchev–Trinajstić information content (AvgIpc) is 2.68. The fraction of sp³-hybridized carbons (Fsp3) is 0.350. The van der Waals surface area contributed by atoms with Gasteiger partial charge in [-0.25, -0.2) is 0 Å². The Hall–Kier alpha value is -2.05. The molecule has 0 aromatic heterocycles. The number of hydrogen-bond donors (Lipinski definition) is 1. The van der Waals surface area contributed by atoms with Crippen molar-refractivity contribution < 1.29 is 19.0 Å². The lowest BCUT2D eigenvalue weighted by molar-refractivity contribution is -0.125. The summed E-state index contributed by atoms with van der Waals surface area (Å²) in [5.41, 5.74) is 1.03. The summed E-state index contributed by atoms with van der Waals surface area (Å²) in [6.45, 7) is 1.12. The third-order valence-electron chi connectivity index (χ3n) is 4.79. The molecular weight excluding hydrogens is 398 g/mol. The first-order valence-corrected chi connectivity index (χ1v) is 9.25. The van der Waals surface area contributed by atoms with Gasteiger partial charge < -0.3 is 19.5 Å². The molecule has 0 spiro atoms. The summed E-state index contributed by atoms with van der Waals surface area (Å²) in [5, 5.41) is 3.05. The molecule has 2 aromatic carbocycles. The number of ether oxygens (including phenoxy) is 3. The largest absolute Gasteiger partial charge is 0.497 e. The molecule has 1 saturated heterocycles. The van der Waals surface area contributed by atoms with Gasteiger partial charge in [-0.15, -0.1) is 0 Å². The zero-order valence-corrected chi connectivity index (χ0v) is 16.5. The molecule has 1 heterocycles. The topological polar surface area (TPSA) is 56.8 Å². The van der Waals surface area contributed by atoms with Crippen LogP contribution in [0.2, 0.25) is 0 Å². The minimum Gasteiger partial charge on any atom is -0.497 e. The molecule has 1 aliphatic heterocycles. The van der Waals surface area contributed by atoms with Gasteiger partial charge in [0.15, 0.2) is 0 Å². The predicted molar refractivity (Wildman–Crippen MR) is 104 cm³/mol. The minimum atomic E-state index is -0.616. The highest BCUT2D eigenvalue weighted by Gasteiger charge is 2.41. The predicted octanol–water partition coefficient (Wildman–Crippen LogP) is 4.15. The number of rotatable bonds is 5. The zero-order valence-electron chi connectivity index (χ0n) is 14.9. The summed E-state index contributed by atoms with van der Waals surface area (Å²) in [7, 11) is 3.17. The average molecular weight is 420 g/mol. The van der Waals surface area contributed by atoms with Crippen LogP contribution in [-0.4, -0.2) is 33.3 Å². The number of anilines is 1. The van der Waals surface area contributed by atoms with Crippen LogP contribution >= 0.6 is 15.9 Å². The molecule has 1 fully saturated rings. The Bertz CT molecular complexity index is 748. The molecule has 26 heavy (non-hydrogen) atoms. The Labute approximate surface area is 161 Å². The van der Waals surface area contributed by atoms with E-state index < -0.39 is 5.41 Å². The third-order valence-corrected chi connectivity index (χ3v) is 5.32. The minimum absolute atomic E-state index is 0.0431. The number of benzene rings is 2. The van der Waals surface area contributed by atoms with Gasteiger partial charge in [0.05, 0.1) is 19.6 Å². The van der Waals surface area contributed by atoms with E-state index >= 15 is 0 Å². The van der Waals surface area contributed by atoms with E-state index in [9.17, 15) is 4.79 Å². The van der Waals surface area contributed by atoms with Gasteiger partial charge in [-0.3, -0.25) is 4.79 Å². The van der Waals surface area contributed by atoms with E-state index in [2.05, 4.69) is 21.2 Å². The monoisotopic (exact) mass is 419 g/mol. The molecule has 0 bridgehead atoms. The molecule has 3 rings (SSSR count). The van der Waals surface area contributed by atoms with Gasteiger partial charge in [0.25, 0.3) is 0 Å². The summed E-state index contributed by atoms with van der Waals surface area (Å²) in [5.74, 6) is 1.21. The van der Waals surface area contributed by atoms with Crippen molar-refractivity contribution in [3.05, 3.63) is 52.5 Å². The van der Waals surface area contributed by atoms with Gasteiger partial charge in [0.1, 0.15) is 11.5 Å². The Balaban J connectivity index is 1.92. The number of halogens is 1. The second-order valence-corrected chi connectivity index (χ2v) is 7.17. The van der Waals surface area contributed by atoms with E-state index in [0.717, 1.165) is 10.0 Å². The number of amides is 1. The lowest BCUT2D eigenvalue weighted by atomic mass is 9.73. The van der Waals surface area contributed by atoms with E-state index in [0.29, 0.717) is 43.2 Å². The van der Waals surface area contributed by atoms with Gasteiger partial charge in [-0.2, -0.15) is 0 Å². The first-order chi connectivity index (χ1) is 12.6. The highest BCUT2D eigenvalue weighted by molar-refractivity contribution is 9.10. The van der Waals surface area contributed by atoms with Crippen LogP contribution in [0, 0.1) is 0 Å². The van der Waals surface area contributed by atoms with Crippen molar-refractivity contribution in [2.24, 2.45) is 0 Å². The maximum atomic E-state index is 13.3. The van der Waals surface area contributed by atoms with Crippen molar-refractivity contribution in [1.82, 2.24) is 0 Å². The SMILES string of the molecule is COc1cc(NC(=O)C2(c3ccc(Br)cc3)CCOCC2)cc(OC)c1. The van der Waals surface area contributed by atoms with Crippen molar-refractivity contribution in [3.8, 4) is 11.5 Å². The summed E-state index contributed by atoms with van der Waals surface area (Å²) in [6.07, 6.45) is 1.28. The maximum absolute atomic E-state index is 13.3. The van der Waals surface area contributed by atoms with Gasteiger partial charge in [-0.1, -0.05) is 28.1 Å². The number of methoxy groups -OCH3 is 2. The van der Waals surface area contributed by atoms with Crippen LogP contribution in [0.5, 0.6) is 11.5 Å². The first-order valence-electron chi connectivity index (χ1n) is 8.46. The molecule has 0 unspecified atom stereocenters. The zero-order chi connectivity index (χ0) is 18.6. The molecule has 1 amide bonds. The summed E-state index contributed by atoms with van der Waals surface area (Å²) < 4.78 is 17.1. The lowest BCUT2D eigenvalue weighted by Gasteiger charge is -2.36. The molecule has 1 N–H and O–H groups in total. The Morgan fingerprint density at radius 2 is 1.62 bits per heavy atom. The summed E-state index contributed by atoms with van der Waals surface area (Å²) in [6, 6.07) is 13.3. The standard InChI is InChI=1S/C20H22BrNO4/c1-24-17-11-16(12-18(13-17)25-2)22-19(23)20(7-9-26-10-8-20)14-3-5-15(21)6-4-14/h3-6,11-13H,7-10H2,1-2H3,(H,22,23). The summed E-state index contributed by atoms with van der Waals surface area (Å²) >= 11 is 3.46. The van der Waals surface area contributed by atoms with Gasteiger partial charge >= 0.3 is 0 Å². The van der Waals surface area contributed by atoms with E-state index in [1.54, 1.807) is 32.4 Å². The first kappa shape index (κ1) is 18.7. The normalized spacial score (nSPS) is 16.0. The smallest absolute Gasteiger partial charge is 0.235 e. The van der Waals surface area contributed by atoms with Crippen molar-refractivity contribution >= 4 is 27.5 Å². The van der Waals surface area contributed by atoms with E-state index in [1.165, 1.54) is 0 Å². The van der Waals surface area contributed by atoms with Crippen LogP contribution in [0.15, 0.2) is 46.9 Å². The van der Waals surface area contributed by atoms with Crippen molar-refractivity contribution in [2.45, 2.75) is 18.3 Å². The number of nitrogens with one attached hydrogen (secondary N) is 1. The van der Waals surface area contributed by atoms with Crippen LogP contribution in [0.4, 0.5) is 5.69 Å². The molecule has 1 aliphatic rings. The van der Waals surface area contributed by atoms with Crippen molar-refractivity contribution in [1.29, 1.82) is 0 Å². The summed E-state index contributed by atoms with van der Waals surface area (Å²) in [4.78, 5) is 13.3. The second kappa shape index (κ2) is 8.10. The third kappa shape index (κ3) is 3.86. The molecule has 0 aliphatic carbocycles. The highest BCUT2D eigenvalue weighted by atomic mass is 79.9. The Morgan fingerprint density at radius 3 is 2.15 bits per heavy atom. The highest BCUT2D eigenvalue weighted by Crippen LogP contribution is 2.37. The molecule has 0 radical (unpaired) electrons. The van der Waals surface area contributed by atoms with Gasteiger partial charge in [0.2, 0.25) is 5.91 Å². The quantitative estimate of drug-likeness (QED) is 0.790. The molecule has 6 heteroatoms. The van der Waals surface area contributed by atoms with Crippen LogP contribution < -0.4 is 14.8 Å². The fourth-order valence-electron chi connectivity index (χ4n) is 3.27. The molecule has 5 nitrogen and oxygen atoms in total. The molecule has 0 saturated carbocycles. The second-order valence-electron chi connectivity index (χ2n) is 6.26. The van der Waals surface area contributed by atoms with E-state index in [1.807, 2.05) is 24.3 Å². The lowest BCUT2D eigenvalue weighted by Crippen LogP contribution is -2.44. The molecule has 2 aromatic rings. The Morgan fingerprint density at radius 1 is 1.04 bits per heavy atom. The van der Waals surface area contributed by atoms with E-state index in [-0.39, 0.29) is 5.91 Å². The van der Waals surface area contributed by atoms with Crippen LogP contribution in [0.1, 0.15) is 18.4 Å². The fourth-order valence-corrected chi connectivity index (χ4v) is 3.53. The Kier molecular flexibility index (Phi) is 5.84. The number of carbonyl (C=O) groups is 1. The van der Waals surface area contributed by atoms with Crippen molar-refractivity contribution in [3.63, 3.8) is 0 Å². The van der Waals surface area contributed by atoms with E-state index in [4.69, 9.17) is 14.2 Å². The van der Waals surface area contributed by atoms with Crippen LogP contribution in [-0.2, 0) is 14.9 Å². The molecular formula is C20H22BrNO4. The van der Waals surface area contributed by atoms with Crippen LogP contribution in [0.25, 0.3) is 0 Å². The van der Waals surface area contributed by atoms with Gasteiger partial charge in [0, 0.05) is 41.6 Å². The number of carbonyl (C=O) groups excluding carboxylic acids is 1. The van der Waals surface area contributed by atoms with Crippen molar-refractivity contribution in [2.75, 3.05) is 32.8 Å². The molecule has 0 atom stereocenters. The van der Waals surface area contributed by atoms with Gasteiger partial charge in [-0.05, 0) is 30.5 Å². The molecule has 138 valence electrons. The number of hydrogen-bond acceptors (Lipinski definition) is 4.